The molecule has 1 rings (SSSR count). The molecule has 0 radical (unpaired) electrons. The number of piperidine rings is 1. The van der Waals surface area contributed by atoms with E-state index in [1.807, 2.05) is 6.92 Å². The lowest BCUT2D eigenvalue weighted by atomic mass is 9.96. The quantitative estimate of drug-likeness (QED) is 0.787. The van der Waals surface area contributed by atoms with Gasteiger partial charge in [0.15, 0.2) is 0 Å². The third-order valence-electron chi connectivity index (χ3n) is 3.27. The highest BCUT2D eigenvalue weighted by molar-refractivity contribution is 5.85. The number of hydrogen-bond acceptors (Lipinski definition) is 3. The van der Waals surface area contributed by atoms with E-state index in [-0.39, 0.29) is 30.1 Å². The van der Waals surface area contributed by atoms with Gasteiger partial charge in [-0.1, -0.05) is 13.3 Å². The van der Waals surface area contributed by atoms with Gasteiger partial charge in [-0.3, -0.25) is 9.59 Å². The number of nitrogens with two attached hydrogens (primary N) is 1. The summed E-state index contributed by atoms with van der Waals surface area (Å²) in [5.41, 5.74) is 5.82. The highest BCUT2D eigenvalue weighted by atomic mass is 35.5. The van der Waals surface area contributed by atoms with Crippen molar-refractivity contribution in [1.82, 2.24) is 10.2 Å². The second-order valence-electron chi connectivity index (χ2n) is 4.63. The Kier molecular flexibility index (Phi) is 7.95. The SMILES string of the molecule is CCCC(N)C(=O)N1CCCC(C(=O)NC)C1.Cl. The van der Waals surface area contributed by atoms with E-state index in [4.69, 9.17) is 5.73 Å². The monoisotopic (exact) mass is 277 g/mol. The van der Waals surface area contributed by atoms with Crippen LogP contribution < -0.4 is 11.1 Å². The molecule has 1 heterocycles. The van der Waals surface area contributed by atoms with Gasteiger partial charge in [0.25, 0.3) is 0 Å². The molecule has 6 heteroatoms. The zero-order valence-corrected chi connectivity index (χ0v) is 12.0. The van der Waals surface area contributed by atoms with Crippen molar-refractivity contribution in [2.75, 3.05) is 20.1 Å². The third-order valence-corrected chi connectivity index (χ3v) is 3.27. The molecule has 1 aliphatic rings. The first-order chi connectivity index (χ1) is 8.10. The van der Waals surface area contributed by atoms with Crippen LogP contribution in [0.4, 0.5) is 0 Å². The van der Waals surface area contributed by atoms with Crippen molar-refractivity contribution in [3.05, 3.63) is 0 Å². The van der Waals surface area contributed by atoms with E-state index in [1.54, 1.807) is 11.9 Å². The summed E-state index contributed by atoms with van der Waals surface area (Å²) in [5, 5.41) is 2.64. The second-order valence-corrected chi connectivity index (χ2v) is 4.63. The van der Waals surface area contributed by atoms with E-state index in [1.165, 1.54) is 0 Å². The molecule has 3 N–H and O–H groups in total. The smallest absolute Gasteiger partial charge is 0.239 e. The molecule has 0 aliphatic carbocycles. The lowest BCUT2D eigenvalue weighted by molar-refractivity contribution is -0.136. The van der Waals surface area contributed by atoms with Gasteiger partial charge in [-0.05, 0) is 19.3 Å². The van der Waals surface area contributed by atoms with Gasteiger partial charge in [-0.15, -0.1) is 12.4 Å². The number of carbonyl (C=O) groups excluding carboxylic acids is 2. The summed E-state index contributed by atoms with van der Waals surface area (Å²) >= 11 is 0. The highest BCUT2D eigenvalue weighted by Crippen LogP contribution is 2.17. The molecule has 0 aromatic rings. The van der Waals surface area contributed by atoms with E-state index in [0.29, 0.717) is 13.0 Å². The van der Waals surface area contributed by atoms with Crippen LogP contribution in [-0.4, -0.2) is 42.9 Å². The van der Waals surface area contributed by atoms with E-state index < -0.39 is 6.04 Å². The highest BCUT2D eigenvalue weighted by Gasteiger charge is 2.29. The molecule has 1 saturated heterocycles. The van der Waals surface area contributed by atoms with Crippen LogP contribution >= 0.6 is 12.4 Å². The Bertz CT molecular complexity index is 286. The van der Waals surface area contributed by atoms with Crippen LogP contribution in [-0.2, 0) is 9.59 Å². The van der Waals surface area contributed by atoms with Crippen LogP contribution in [0.1, 0.15) is 32.6 Å². The number of rotatable bonds is 4. The van der Waals surface area contributed by atoms with Gasteiger partial charge in [0.1, 0.15) is 0 Å². The molecule has 2 atom stereocenters. The molecule has 0 aromatic carbocycles. The predicted octanol–water partition coefficient (Wildman–Crippen LogP) is 0.520. The number of carbonyl (C=O) groups is 2. The van der Waals surface area contributed by atoms with E-state index >= 15 is 0 Å². The van der Waals surface area contributed by atoms with Gasteiger partial charge in [0.05, 0.1) is 12.0 Å². The maximum atomic E-state index is 12.0. The standard InChI is InChI=1S/C12H23N3O2.ClH/c1-3-5-10(13)12(17)15-7-4-6-9(8-15)11(16)14-2;/h9-10H,3-8,13H2,1-2H3,(H,14,16);1H. The average Bonchev–Trinajstić information content (AvgIpc) is 2.37. The normalized spacial score (nSPS) is 20.8. The number of likely N-dealkylation sites (tertiary alicyclic amines) is 1. The molecule has 1 aliphatic heterocycles. The molecule has 2 amide bonds. The van der Waals surface area contributed by atoms with E-state index in [2.05, 4.69) is 5.32 Å². The summed E-state index contributed by atoms with van der Waals surface area (Å²) in [6.07, 6.45) is 3.34. The van der Waals surface area contributed by atoms with Crippen LogP contribution in [0.3, 0.4) is 0 Å². The zero-order chi connectivity index (χ0) is 12.8. The summed E-state index contributed by atoms with van der Waals surface area (Å²) in [5.74, 6) is -0.0708. The van der Waals surface area contributed by atoms with Crippen LogP contribution in [0.15, 0.2) is 0 Å². The fourth-order valence-corrected chi connectivity index (χ4v) is 2.26. The minimum Gasteiger partial charge on any atom is -0.359 e. The fourth-order valence-electron chi connectivity index (χ4n) is 2.26. The Labute approximate surface area is 115 Å². The predicted molar refractivity (Wildman–Crippen MR) is 73.5 cm³/mol. The number of amides is 2. The summed E-state index contributed by atoms with van der Waals surface area (Å²) < 4.78 is 0. The van der Waals surface area contributed by atoms with Crippen LogP contribution in [0.2, 0.25) is 0 Å². The van der Waals surface area contributed by atoms with Crippen molar-refractivity contribution in [3.63, 3.8) is 0 Å². The van der Waals surface area contributed by atoms with Crippen molar-refractivity contribution in [2.24, 2.45) is 11.7 Å². The van der Waals surface area contributed by atoms with Crippen LogP contribution in [0.5, 0.6) is 0 Å². The Morgan fingerprint density at radius 3 is 2.72 bits per heavy atom. The zero-order valence-electron chi connectivity index (χ0n) is 11.1. The lowest BCUT2D eigenvalue weighted by Crippen LogP contribution is -2.50. The van der Waals surface area contributed by atoms with Gasteiger partial charge in [0, 0.05) is 20.1 Å². The number of hydrogen-bond donors (Lipinski definition) is 2. The number of nitrogens with one attached hydrogen (secondary N) is 1. The second kappa shape index (κ2) is 8.32. The molecule has 0 saturated carbocycles. The van der Waals surface area contributed by atoms with Gasteiger partial charge >= 0.3 is 0 Å². The minimum atomic E-state index is -0.413. The lowest BCUT2D eigenvalue weighted by Gasteiger charge is -2.33. The Morgan fingerprint density at radius 1 is 1.50 bits per heavy atom. The van der Waals surface area contributed by atoms with Gasteiger partial charge in [-0.25, -0.2) is 0 Å². The van der Waals surface area contributed by atoms with Crippen LogP contribution in [0, 0.1) is 5.92 Å². The molecule has 18 heavy (non-hydrogen) atoms. The topological polar surface area (TPSA) is 75.4 Å². The minimum absolute atomic E-state index is 0. The summed E-state index contributed by atoms with van der Waals surface area (Å²) in [6.45, 7) is 3.25. The van der Waals surface area contributed by atoms with Crippen molar-refractivity contribution < 1.29 is 9.59 Å². The van der Waals surface area contributed by atoms with Gasteiger partial charge in [0.2, 0.25) is 11.8 Å². The van der Waals surface area contributed by atoms with Gasteiger partial charge < -0.3 is 16.0 Å². The number of halogens is 1. The molecule has 1 fully saturated rings. The molecule has 0 spiro atoms. The number of nitrogens with zero attached hydrogens (tertiary/aromatic N) is 1. The van der Waals surface area contributed by atoms with Gasteiger partial charge in [-0.2, -0.15) is 0 Å². The maximum Gasteiger partial charge on any atom is 0.239 e. The Balaban J connectivity index is 0.00000289. The van der Waals surface area contributed by atoms with Crippen molar-refractivity contribution in [2.45, 2.75) is 38.6 Å². The summed E-state index contributed by atoms with van der Waals surface area (Å²) in [7, 11) is 1.63. The van der Waals surface area contributed by atoms with Crippen molar-refractivity contribution in [3.8, 4) is 0 Å². The third kappa shape index (κ3) is 4.46. The first-order valence-electron chi connectivity index (χ1n) is 6.36. The fraction of sp³-hybridized carbons (Fsp3) is 0.833. The largest absolute Gasteiger partial charge is 0.359 e. The van der Waals surface area contributed by atoms with E-state index in [9.17, 15) is 9.59 Å². The van der Waals surface area contributed by atoms with Crippen LogP contribution in [0.25, 0.3) is 0 Å². The van der Waals surface area contributed by atoms with E-state index in [0.717, 1.165) is 25.8 Å². The Morgan fingerprint density at radius 2 is 2.17 bits per heavy atom. The first kappa shape index (κ1) is 17.2. The maximum absolute atomic E-state index is 12.0. The molecule has 106 valence electrons. The first-order valence-corrected chi connectivity index (χ1v) is 6.36. The van der Waals surface area contributed by atoms with Crippen molar-refractivity contribution >= 4 is 24.2 Å². The Hall–Kier alpha value is -0.810. The average molecular weight is 278 g/mol. The molecule has 0 bridgehead atoms. The van der Waals surface area contributed by atoms with Crippen molar-refractivity contribution in [1.29, 1.82) is 0 Å². The molecular formula is C12H24ClN3O2. The molecule has 5 nitrogen and oxygen atoms in total. The molecule has 0 aromatic heterocycles. The molecular weight excluding hydrogens is 254 g/mol. The summed E-state index contributed by atoms with van der Waals surface area (Å²) in [4.78, 5) is 25.3. The molecule has 2 unspecified atom stereocenters. The summed E-state index contributed by atoms with van der Waals surface area (Å²) in [6, 6.07) is -0.413.